The van der Waals surface area contributed by atoms with Crippen molar-refractivity contribution in [1.82, 2.24) is 9.97 Å². The summed E-state index contributed by atoms with van der Waals surface area (Å²) in [5, 5.41) is 1.10. The highest BCUT2D eigenvalue weighted by Gasteiger charge is 2.47. The van der Waals surface area contributed by atoms with Crippen molar-refractivity contribution in [3.63, 3.8) is 0 Å². The molecule has 2 heterocycles. The summed E-state index contributed by atoms with van der Waals surface area (Å²) >= 11 is 12.5. The van der Waals surface area contributed by atoms with E-state index in [9.17, 15) is 0 Å². The zero-order valence-corrected chi connectivity index (χ0v) is 24.3. The van der Waals surface area contributed by atoms with Gasteiger partial charge < -0.3 is 18.9 Å². The molecule has 5 aromatic rings. The topological polar surface area (TPSA) is 62.7 Å². The van der Waals surface area contributed by atoms with Crippen molar-refractivity contribution in [2.24, 2.45) is 0 Å². The number of halogens is 2. The third-order valence-corrected chi connectivity index (χ3v) is 7.71. The van der Waals surface area contributed by atoms with Crippen LogP contribution in [-0.4, -0.2) is 34.9 Å². The molecule has 8 heteroatoms. The van der Waals surface area contributed by atoms with Gasteiger partial charge >= 0.3 is 0 Å². The SMILES string of the molecule is Clc1nc(Cl)c2ccc([C@@H]3OC(COCc4ccccc4)[C@@H](OCc4ccccc4)[C@H]3OCc3ccccc3)cc2n1. The summed E-state index contributed by atoms with van der Waals surface area (Å²) in [7, 11) is 0. The number of rotatable bonds is 11. The molecule has 0 N–H and O–H groups in total. The lowest BCUT2D eigenvalue weighted by Crippen LogP contribution is -2.37. The first-order chi connectivity index (χ1) is 20.6. The van der Waals surface area contributed by atoms with E-state index in [1.807, 2.05) is 109 Å². The largest absolute Gasteiger partial charge is 0.374 e. The van der Waals surface area contributed by atoms with E-state index in [2.05, 4.69) is 9.97 Å². The fourth-order valence-electron chi connectivity index (χ4n) is 5.17. The highest BCUT2D eigenvalue weighted by Crippen LogP contribution is 2.39. The van der Waals surface area contributed by atoms with E-state index in [0.29, 0.717) is 42.5 Å². The van der Waals surface area contributed by atoms with E-state index >= 15 is 0 Å². The normalized spacial score (nSPS) is 20.2. The van der Waals surface area contributed by atoms with Crippen LogP contribution in [0.5, 0.6) is 0 Å². The molecular weight excluding hydrogens is 571 g/mol. The van der Waals surface area contributed by atoms with Gasteiger partial charge in [-0.2, -0.15) is 0 Å². The first-order valence-electron chi connectivity index (χ1n) is 13.8. The lowest BCUT2D eigenvalue weighted by Gasteiger charge is -2.25. The monoisotopic (exact) mass is 600 g/mol. The van der Waals surface area contributed by atoms with Gasteiger partial charge in [-0.15, -0.1) is 0 Å². The molecule has 0 amide bonds. The number of ether oxygens (including phenoxy) is 4. The van der Waals surface area contributed by atoms with E-state index in [1.165, 1.54) is 0 Å². The van der Waals surface area contributed by atoms with Crippen LogP contribution in [0.15, 0.2) is 109 Å². The van der Waals surface area contributed by atoms with Gasteiger partial charge in [0.25, 0.3) is 0 Å². The van der Waals surface area contributed by atoms with Gasteiger partial charge in [0.1, 0.15) is 29.6 Å². The van der Waals surface area contributed by atoms with E-state index in [1.54, 1.807) is 0 Å². The average Bonchev–Trinajstić information content (AvgIpc) is 3.37. The summed E-state index contributed by atoms with van der Waals surface area (Å²) in [6.45, 7) is 1.62. The summed E-state index contributed by atoms with van der Waals surface area (Å²) in [5.74, 6) is 0. The van der Waals surface area contributed by atoms with Gasteiger partial charge in [-0.25, -0.2) is 9.97 Å². The molecule has 4 atom stereocenters. The minimum absolute atomic E-state index is 0.0881. The standard InChI is InChI=1S/C34H30Cl2N2O4/c35-33-27-17-16-26(18-28(27)37-34(36)38-33)30-32(41-21-25-14-8-3-9-15-25)31(40-20-24-12-6-2-7-13-24)29(42-30)22-39-19-23-10-4-1-5-11-23/h1-18,29-32H,19-22H2/t29?,30-,31+,32-/m0/s1. The maximum absolute atomic E-state index is 6.71. The zero-order chi connectivity index (χ0) is 28.7. The summed E-state index contributed by atoms with van der Waals surface area (Å²) < 4.78 is 26.1. The van der Waals surface area contributed by atoms with Crippen molar-refractivity contribution in [1.29, 1.82) is 0 Å². The number of hydrogen-bond donors (Lipinski definition) is 0. The predicted molar refractivity (Wildman–Crippen MR) is 163 cm³/mol. The quantitative estimate of drug-likeness (QED) is 0.114. The third-order valence-electron chi connectivity index (χ3n) is 7.25. The van der Waals surface area contributed by atoms with E-state index in [-0.39, 0.29) is 11.4 Å². The van der Waals surface area contributed by atoms with Crippen LogP contribution >= 0.6 is 23.2 Å². The van der Waals surface area contributed by atoms with Gasteiger partial charge in [-0.05, 0) is 46.0 Å². The van der Waals surface area contributed by atoms with Crippen molar-refractivity contribution < 1.29 is 18.9 Å². The number of benzene rings is 4. The number of nitrogens with zero attached hydrogens (tertiary/aromatic N) is 2. The molecule has 42 heavy (non-hydrogen) atoms. The fourth-order valence-corrected chi connectivity index (χ4v) is 5.63. The van der Waals surface area contributed by atoms with Crippen LogP contribution in [0.1, 0.15) is 28.4 Å². The number of hydrogen-bond acceptors (Lipinski definition) is 6. The predicted octanol–water partition coefficient (Wildman–Crippen LogP) is 7.76. The van der Waals surface area contributed by atoms with E-state index < -0.39 is 18.3 Å². The van der Waals surface area contributed by atoms with Crippen molar-refractivity contribution in [3.8, 4) is 0 Å². The second-order valence-electron chi connectivity index (χ2n) is 10.2. The Morgan fingerprint density at radius 3 is 1.83 bits per heavy atom. The van der Waals surface area contributed by atoms with Crippen molar-refractivity contribution in [2.45, 2.75) is 44.2 Å². The maximum Gasteiger partial charge on any atom is 0.224 e. The highest BCUT2D eigenvalue weighted by atomic mass is 35.5. The molecule has 1 aliphatic rings. The van der Waals surface area contributed by atoms with Gasteiger partial charge in [0.05, 0.1) is 31.9 Å². The number of aromatic nitrogens is 2. The molecule has 0 spiro atoms. The Labute approximate surface area is 255 Å². The van der Waals surface area contributed by atoms with Crippen LogP contribution in [0.2, 0.25) is 10.4 Å². The van der Waals surface area contributed by atoms with E-state index in [0.717, 1.165) is 22.3 Å². The Kier molecular flexibility index (Phi) is 9.41. The molecule has 0 aliphatic carbocycles. The van der Waals surface area contributed by atoms with Crippen molar-refractivity contribution >= 4 is 34.1 Å². The lowest BCUT2D eigenvalue weighted by molar-refractivity contribution is -0.0898. The van der Waals surface area contributed by atoms with Gasteiger partial charge in [0.2, 0.25) is 5.28 Å². The second kappa shape index (κ2) is 13.7. The number of fused-ring (bicyclic) bond motifs is 1. The summed E-state index contributed by atoms with van der Waals surface area (Å²) in [4.78, 5) is 8.47. The Bertz CT molecular complexity index is 1590. The zero-order valence-electron chi connectivity index (χ0n) is 22.8. The second-order valence-corrected chi connectivity index (χ2v) is 10.9. The highest BCUT2D eigenvalue weighted by molar-refractivity contribution is 6.35. The molecule has 1 saturated heterocycles. The van der Waals surface area contributed by atoms with E-state index in [4.69, 9.17) is 42.1 Å². The molecule has 4 aromatic carbocycles. The van der Waals surface area contributed by atoms with Gasteiger partial charge in [0.15, 0.2) is 0 Å². The molecule has 1 unspecified atom stereocenters. The first-order valence-corrected chi connectivity index (χ1v) is 14.6. The summed E-state index contributed by atoms with van der Waals surface area (Å²) in [6.07, 6.45) is -1.65. The van der Waals surface area contributed by atoms with Crippen LogP contribution in [0.3, 0.4) is 0 Å². The van der Waals surface area contributed by atoms with Gasteiger partial charge in [-0.3, -0.25) is 0 Å². The minimum Gasteiger partial charge on any atom is -0.374 e. The van der Waals surface area contributed by atoms with Gasteiger partial charge in [-0.1, -0.05) is 109 Å². The molecule has 0 radical (unpaired) electrons. The smallest absolute Gasteiger partial charge is 0.224 e. The van der Waals surface area contributed by atoms with Crippen LogP contribution in [0.4, 0.5) is 0 Å². The molecule has 6 nitrogen and oxygen atoms in total. The third kappa shape index (κ3) is 6.98. The molecule has 6 rings (SSSR count). The molecule has 1 fully saturated rings. The van der Waals surface area contributed by atoms with Crippen LogP contribution in [-0.2, 0) is 38.8 Å². The summed E-state index contributed by atoms with van der Waals surface area (Å²) in [5.41, 5.74) is 4.73. The minimum atomic E-state index is -0.447. The molecule has 1 aromatic heterocycles. The fraction of sp³-hybridized carbons (Fsp3) is 0.235. The first kappa shape index (κ1) is 28.7. The average molecular weight is 602 g/mol. The van der Waals surface area contributed by atoms with Crippen LogP contribution in [0, 0.1) is 0 Å². The summed E-state index contributed by atoms with van der Waals surface area (Å²) in [6, 6.07) is 36.0. The molecule has 0 bridgehead atoms. The molecule has 0 saturated carbocycles. The van der Waals surface area contributed by atoms with Crippen LogP contribution < -0.4 is 0 Å². The molecule has 214 valence electrons. The van der Waals surface area contributed by atoms with Crippen molar-refractivity contribution in [2.75, 3.05) is 6.61 Å². The lowest BCUT2D eigenvalue weighted by atomic mass is 9.99. The Balaban J connectivity index is 1.30. The van der Waals surface area contributed by atoms with Crippen LogP contribution in [0.25, 0.3) is 10.9 Å². The Hall–Kier alpha value is -3.36. The maximum atomic E-state index is 6.71. The molecule has 1 aliphatic heterocycles. The van der Waals surface area contributed by atoms with Crippen molar-refractivity contribution in [3.05, 3.63) is 142 Å². The van der Waals surface area contributed by atoms with Gasteiger partial charge in [0, 0.05) is 5.39 Å². The Morgan fingerprint density at radius 1 is 0.643 bits per heavy atom. The molecular formula is C34H30Cl2N2O4. The Morgan fingerprint density at radius 2 is 1.21 bits per heavy atom.